The molecule has 0 bridgehead atoms. The Kier molecular flexibility index (Phi) is 7.29. The highest BCUT2D eigenvalue weighted by Gasteiger charge is 2.45. The number of hydrogen-bond acceptors (Lipinski definition) is 4. The lowest BCUT2D eigenvalue weighted by molar-refractivity contribution is -0.147. The lowest BCUT2D eigenvalue weighted by Gasteiger charge is -2.31. The van der Waals surface area contributed by atoms with Crippen molar-refractivity contribution >= 4 is 16.1 Å². The summed E-state index contributed by atoms with van der Waals surface area (Å²) in [5.41, 5.74) is 0. The number of carbonyl (C=O) groups excluding carboxylic acids is 1. The standard InChI is InChI=1S/C16H26O5S/c1-3-4-5-6-7-8-12-15(17)21-14-11-9-10-13-16(14,2)22(18,19)20/h9-11,13-14H,3-8,12H2,1-2H3,(H,18,19,20). The molecule has 2 unspecified atom stereocenters. The van der Waals surface area contributed by atoms with Crippen molar-refractivity contribution < 1.29 is 22.5 Å². The fraction of sp³-hybridized carbons (Fsp3) is 0.688. The predicted octanol–water partition coefficient (Wildman–Crippen LogP) is 3.42. The van der Waals surface area contributed by atoms with Gasteiger partial charge in [0.05, 0.1) is 0 Å². The van der Waals surface area contributed by atoms with E-state index in [4.69, 9.17) is 4.74 Å². The van der Waals surface area contributed by atoms with Gasteiger partial charge in [-0.1, -0.05) is 57.3 Å². The molecular weight excluding hydrogens is 304 g/mol. The SMILES string of the molecule is CCCCCCCCC(=O)OC1C=CC=CC1(C)S(=O)(=O)O. The smallest absolute Gasteiger partial charge is 0.306 e. The summed E-state index contributed by atoms with van der Waals surface area (Å²) in [5, 5.41) is 0. The molecule has 1 N–H and O–H groups in total. The van der Waals surface area contributed by atoms with Gasteiger partial charge >= 0.3 is 5.97 Å². The molecule has 0 heterocycles. The molecule has 2 atom stereocenters. The van der Waals surface area contributed by atoms with Crippen molar-refractivity contribution in [3.05, 3.63) is 24.3 Å². The molecule has 0 aromatic heterocycles. The molecule has 0 saturated heterocycles. The van der Waals surface area contributed by atoms with Gasteiger partial charge in [-0.05, 0) is 19.4 Å². The summed E-state index contributed by atoms with van der Waals surface area (Å²) in [5.74, 6) is -0.435. The maximum atomic E-state index is 11.9. The molecule has 0 saturated carbocycles. The number of hydrogen-bond donors (Lipinski definition) is 1. The average Bonchev–Trinajstić information content (AvgIpc) is 2.44. The number of esters is 1. The normalized spacial score (nSPS) is 24.4. The topological polar surface area (TPSA) is 80.7 Å². The van der Waals surface area contributed by atoms with Crippen LogP contribution in [-0.2, 0) is 19.6 Å². The van der Waals surface area contributed by atoms with Crippen molar-refractivity contribution in [2.75, 3.05) is 0 Å². The zero-order valence-electron chi connectivity index (χ0n) is 13.3. The van der Waals surface area contributed by atoms with E-state index in [9.17, 15) is 17.8 Å². The van der Waals surface area contributed by atoms with E-state index in [-0.39, 0.29) is 6.42 Å². The number of allylic oxidation sites excluding steroid dienone is 2. The van der Waals surface area contributed by atoms with Gasteiger partial charge in [-0.3, -0.25) is 9.35 Å². The minimum absolute atomic E-state index is 0.266. The van der Waals surface area contributed by atoms with E-state index in [1.807, 2.05) is 0 Å². The molecule has 126 valence electrons. The quantitative estimate of drug-likeness (QED) is 0.398. The summed E-state index contributed by atoms with van der Waals surface area (Å²) in [6.45, 7) is 3.49. The van der Waals surface area contributed by atoms with Crippen LogP contribution in [0.3, 0.4) is 0 Å². The highest BCUT2D eigenvalue weighted by atomic mass is 32.2. The van der Waals surface area contributed by atoms with E-state index in [0.717, 1.165) is 19.3 Å². The fourth-order valence-corrected chi connectivity index (χ4v) is 3.01. The van der Waals surface area contributed by atoms with Crippen LogP contribution in [0, 0.1) is 0 Å². The van der Waals surface area contributed by atoms with Gasteiger partial charge < -0.3 is 4.74 Å². The van der Waals surface area contributed by atoms with Gasteiger partial charge in [0.25, 0.3) is 10.1 Å². The molecule has 0 radical (unpaired) electrons. The molecule has 0 amide bonds. The van der Waals surface area contributed by atoms with Crippen molar-refractivity contribution in [3.63, 3.8) is 0 Å². The van der Waals surface area contributed by atoms with Crippen molar-refractivity contribution in [3.8, 4) is 0 Å². The number of unbranched alkanes of at least 4 members (excludes halogenated alkanes) is 5. The van der Waals surface area contributed by atoms with Crippen LogP contribution >= 0.6 is 0 Å². The molecule has 0 aliphatic heterocycles. The average molecular weight is 330 g/mol. The first kappa shape index (κ1) is 18.9. The van der Waals surface area contributed by atoms with Gasteiger partial charge in [0, 0.05) is 6.42 Å². The molecule has 0 spiro atoms. The number of rotatable bonds is 9. The van der Waals surface area contributed by atoms with Crippen LogP contribution in [0.15, 0.2) is 24.3 Å². The lowest BCUT2D eigenvalue weighted by Crippen LogP contribution is -2.47. The monoisotopic (exact) mass is 330 g/mol. The van der Waals surface area contributed by atoms with Crippen LogP contribution in [0.25, 0.3) is 0 Å². The van der Waals surface area contributed by atoms with Gasteiger partial charge in [-0.2, -0.15) is 8.42 Å². The van der Waals surface area contributed by atoms with Crippen LogP contribution in [0.1, 0.15) is 58.8 Å². The summed E-state index contributed by atoms with van der Waals surface area (Å²) in [7, 11) is -4.37. The summed E-state index contributed by atoms with van der Waals surface area (Å²) in [6, 6.07) is 0. The lowest BCUT2D eigenvalue weighted by atomic mass is 9.98. The van der Waals surface area contributed by atoms with Crippen molar-refractivity contribution in [1.29, 1.82) is 0 Å². The second kappa shape index (κ2) is 8.48. The van der Waals surface area contributed by atoms with Gasteiger partial charge in [0.15, 0.2) is 4.75 Å². The first-order valence-corrected chi connectivity index (χ1v) is 9.28. The van der Waals surface area contributed by atoms with Gasteiger partial charge in [-0.25, -0.2) is 0 Å². The second-order valence-corrected chi connectivity index (χ2v) is 7.66. The van der Waals surface area contributed by atoms with Crippen LogP contribution in [-0.4, -0.2) is 29.8 Å². The van der Waals surface area contributed by atoms with Crippen molar-refractivity contribution in [2.24, 2.45) is 0 Å². The summed E-state index contributed by atoms with van der Waals surface area (Å²) in [6.07, 6.45) is 11.6. The Morgan fingerprint density at radius 3 is 2.45 bits per heavy atom. The Balaban J connectivity index is 2.46. The highest BCUT2D eigenvalue weighted by molar-refractivity contribution is 7.87. The van der Waals surface area contributed by atoms with Crippen LogP contribution in [0.5, 0.6) is 0 Å². The molecule has 5 nitrogen and oxygen atoms in total. The van der Waals surface area contributed by atoms with E-state index in [0.29, 0.717) is 0 Å². The summed E-state index contributed by atoms with van der Waals surface area (Å²) >= 11 is 0. The number of ether oxygens (including phenoxy) is 1. The third kappa shape index (κ3) is 5.25. The third-order valence-electron chi connectivity index (χ3n) is 3.94. The molecule has 1 aliphatic carbocycles. The molecule has 1 rings (SSSR count). The molecular formula is C16H26O5S. The van der Waals surface area contributed by atoms with E-state index >= 15 is 0 Å². The van der Waals surface area contributed by atoms with Gasteiger partial charge in [-0.15, -0.1) is 0 Å². The minimum Gasteiger partial charge on any atom is -0.456 e. The van der Waals surface area contributed by atoms with Crippen LogP contribution in [0.4, 0.5) is 0 Å². The predicted molar refractivity (Wildman–Crippen MR) is 86.1 cm³/mol. The van der Waals surface area contributed by atoms with Crippen LogP contribution < -0.4 is 0 Å². The zero-order chi connectivity index (χ0) is 16.6. The summed E-state index contributed by atoms with van der Waals surface area (Å²) in [4.78, 5) is 11.9. The van der Waals surface area contributed by atoms with E-state index in [1.165, 1.54) is 44.4 Å². The maximum Gasteiger partial charge on any atom is 0.306 e. The van der Waals surface area contributed by atoms with Gasteiger partial charge in [0.2, 0.25) is 0 Å². The fourth-order valence-electron chi connectivity index (χ4n) is 2.34. The van der Waals surface area contributed by atoms with E-state index in [1.54, 1.807) is 6.08 Å². The largest absolute Gasteiger partial charge is 0.456 e. The summed E-state index contributed by atoms with van der Waals surface area (Å²) < 4.78 is 36.1. The molecule has 1 aliphatic rings. The molecule has 22 heavy (non-hydrogen) atoms. The number of carbonyl (C=O) groups is 1. The molecule has 6 heteroatoms. The van der Waals surface area contributed by atoms with Crippen LogP contribution in [0.2, 0.25) is 0 Å². The first-order valence-electron chi connectivity index (χ1n) is 7.84. The Labute approximate surface area is 133 Å². The highest BCUT2D eigenvalue weighted by Crippen LogP contribution is 2.29. The van der Waals surface area contributed by atoms with E-state index in [2.05, 4.69) is 6.92 Å². The van der Waals surface area contributed by atoms with E-state index < -0.39 is 26.9 Å². The Hall–Kier alpha value is -1.14. The minimum atomic E-state index is -4.37. The zero-order valence-corrected chi connectivity index (χ0v) is 14.1. The molecule has 0 aromatic carbocycles. The van der Waals surface area contributed by atoms with Gasteiger partial charge in [0.1, 0.15) is 6.10 Å². The Bertz CT molecular complexity index is 521. The maximum absolute atomic E-state index is 11.9. The third-order valence-corrected chi connectivity index (χ3v) is 5.42. The Morgan fingerprint density at radius 2 is 1.82 bits per heavy atom. The second-order valence-electron chi connectivity index (χ2n) is 5.83. The molecule has 0 aromatic rings. The van der Waals surface area contributed by atoms with Crippen molar-refractivity contribution in [2.45, 2.75) is 69.6 Å². The first-order chi connectivity index (χ1) is 10.3. The molecule has 0 fully saturated rings. The Morgan fingerprint density at radius 1 is 1.18 bits per heavy atom. The van der Waals surface area contributed by atoms with Crippen molar-refractivity contribution in [1.82, 2.24) is 0 Å².